The van der Waals surface area contributed by atoms with E-state index in [9.17, 15) is 14.4 Å². The Morgan fingerprint density at radius 3 is 2.42 bits per heavy atom. The van der Waals surface area contributed by atoms with E-state index in [0.29, 0.717) is 32.7 Å². The van der Waals surface area contributed by atoms with Gasteiger partial charge in [-0.2, -0.15) is 0 Å². The summed E-state index contributed by atoms with van der Waals surface area (Å²) in [6, 6.07) is 18.8. The van der Waals surface area contributed by atoms with Crippen molar-refractivity contribution in [2.24, 2.45) is 0 Å². The molecule has 0 unspecified atom stereocenters. The SMILES string of the molecule is COCCn1cnc2c1c(=O)n(CC(=O)NCCCOc1ccccc1)c(=O)n2Cc1ccccc1. The van der Waals surface area contributed by atoms with Gasteiger partial charge < -0.3 is 19.4 Å². The highest BCUT2D eigenvalue weighted by Gasteiger charge is 2.20. The van der Waals surface area contributed by atoms with E-state index in [0.717, 1.165) is 15.9 Å². The number of hydrogen-bond donors (Lipinski definition) is 1. The van der Waals surface area contributed by atoms with Crippen molar-refractivity contribution in [3.8, 4) is 5.75 Å². The summed E-state index contributed by atoms with van der Waals surface area (Å²) in [5.41, 5.74) is 0.262. The number of para-hydroxylation sites is 1. The first-order valence-electron chi connectivity index (χ1n) is 11.7. The number of fused-ring (bicyclic) bond motifs is 1. The van der Waals surface area contributed by atoms with Gasteiger partial charge in [0, 0.05) is 20.2 Å². The van der Waals surface area contributed by atoms with Crippen LogP contribution in [0.3, 0.4) is 0 Å². The molecule has 36 heavy (non-hydrogen) atoms. The molecule has 2 heterocycles. The number of rotatable bonds is 12. The van der Waals surface area contributed by atoms with Crippen molar-refractivity contribution in [3.63, 3.8) is 0 Å². The Bertz CT molecular complexity index is 1410. The number of benzene rings is 2. The van der Waals surface area contributed by atoms with Gasteiger partial charge in [0.1, 0.15) is 12.3 Å². The van der Waals surface area contributed by atoms with Gasteiger partial charge in [-0.1, -0.05) is 48.5 Å². The molecular formula is C26H29N5O5. The van der Waals surface area contributed by atoms with Gasteiger partial charge in [0.15, 0.2) is 11.2 Å². The van der Waals surface area contributed by atoms with Crippen LogP contribution in [-0.4, -0.2) is 51.5 Å². The van der Waals surface area contributed by atoms with E-state index >= 15 is 0 Å². The number of ether oxygens (including phenoxy) is 2. The van der Waals surface area contributed by atoms with Crippen LogP contribution in [0.1, 0.15) is 12.0 Å². The fraction of sp³-hybridized carbons (Fsp3) is 0.308. The van der Waals surface area contributed by atoms with E-state index in [1.807, 2.05) is 60.7 Å². The van der Waals surface area contributed by atoms with Gasteiger partial charge in [0.05, 0.1) is 26.1 Å². The van der Waals surface area contributed by atoms with Crippen LogP contribution in [0.2, 0.25) is 0 Å². The normalized spacial score (nSPS) is 11.0. The summed E-state index contributed by atoms with van der Waals surface area (Å²) in [6.07, 6.45) is 2.10. The Labute approximate surface area is 207 Å². The van der Waals surface area contributed by atoms with Crippen molar-refractivity contribution >= 4 is 17.1 Å². The molecule has 2 aromatic heterocycles. The van der Waals surface area contributed by atoms with Gasteiger partial charge >= 0.3 is 5.69 Å². The molecule has 2 aromatic carbocycles. The molecule has 0 atom stereocenters. The van der Waals surface area contributed by atoms with Crippen molar-refractivity contribution < 1.29 is 14.3 Å². The third kappa shape index (κ3) is 5.89. The average molecular weight is 492 g/mol. The molecule has 0 saturated carbocycles. The van der Waals surface area contributed by atoms with Crippen molar-refractivity contribution in [1.29, 1.82) is 0 Å². The molecule has 0 radical (unpaired) electrons. The Morgan fingerprint density at radius 2 is 1.69 bits per heavy atom. The second-order valence-electron chi connectivity index (χ2n) is 8.21. The Balaban J connectivity index is 1.53. The summed E-state index contributed by atoms with van der Waals surface area (Å²) in [7, 11) is 1.57. The van der Waals surface area contributed by atoms with E-state index in [-0.39, 0.29) is 17.7 Å². The minimum Gasteiger partial charge on any atom is -0.494 e. The van der Waals surface area contributed by atoms with Gasteiger partial charge in [0.25, 0.3) is 5.56 Å². The number of imidazole rings is 1. The zero-order valence-electron chi connectivity index (χ0n) is 20.1. The quantitative estimate of drug-likeness (QED) is 0.302. The van der Waals surface area contributed by atoms with Gasteiger partial charge in [-0.15, -0.1) is 0 Å². The maximum atomic E-state index is 13.4. The molecule has 4 rings (SSSR count). The molecule has 188 valence electrons. The fourth-order valence-electron chi connectivity index (χ4n) is 3.85. The predicted octanol–water partition coefficient (Wildman–Crippen LogP) is 1.64. The monoisotopic (exact) mass is 491 g/mol. The summed E-state index contributed by atoms with van der Waals surface area (Å²) in [4.78, 5) is 43.7. The highest BCUT2D eigenvalue weighted by Crippen LogP contribution is 2.10. The number of amides is 1. The molecule has 0 aliphatic carbocycles. The molecule has 10 heteroatoms. The van der Waals surface area contributed by atoms with Gasteiger partial charge in [-0.25, -0.2) is 14.3 Å². The number of carbonyl (C=O) groups is 1. The molecular weight excluding hydrogens is 462 g/mol. The molecule has 10 nitrogen and oxygen atoms in total. The van der Waals surface area contributed by atoms with E-state index in [1.54, 1.807) is 11.7 Å². The minimum absolute atomic E-state index is 0.218. The van der Waals surface area contributed by atoms with Crippen molar-refractivity contribution in [3.05, 3.63) is 93.4 Å². The summed E-state index contributed by atoms with van der Waals surface area (Å²) >= 11 is 0. The molecule has 0 saturated heterocycles. The maximum absolute atomic E-state index is 13.4. The zero-order chi connectivity index (χ0) is 25.3. The first kappa shape index (κ1) is 24.9. The number of carbonyl (C=O) groups excluding carboxylic acids is 1. The summed E-state index contributed by atoms with van der Waals surface area (Å²) in [6.45, 7) is 1.37. The highest BCUT2D eigenvalue weighted by molar-refractivity contribution is 5.76. The van der Waals surface area contributed by atoms with Crippen molar-refractivity contribution in [1.82, 2.24) is 24.0 Å². The number of methoxy groups -OCH3 is 1. The Morgan fingerprint density at radius 1 is 0.972 bits per heavy atom. The van der Waals surface area contributed by atoms with Crippen LogP contribution in [0.4, 0.5) is 0 Å². The lowest BCUT2D eigenvalue weighted by Crippen LogP contribution is -2.44. The zero-order valence-corrected chi connectivity index (χ0v) is 20.1. The van der Waals surface area contributed by atoms with Crippen LogP contribution in [0.25, 0.3) is 11.2 Å². The van der Waals surface area contributed by atoms with Gasteiger partial charge in [-0.3, -0.25) is 14.2 Å². The standard InChI is InChI=1S/C26H29N5O5/c1-35-16-14-29-19-28-24-23(29)25(33)31(26(34)30(24)17-20-9-4-2-5-10-20)18-22(32)27-13-8-15-36-21-11-6-3-7-12-21/h2-7,9-12,19H,8,13-18H2,1H3,(H,27,32). The second kappa shape index (κ2) is 12.0. The van der Waals surface area contributed by atoms with E-state index in [2.05, 4.69) is 10.3 Å². The molecule has 1 N–H and O–H groups in total. The summed E-state index contributed by atoms with van der Waals surface area (Å²) < 4.78 is 14.8. The molecule has 4 aromatic rings. The van der Waals surface area contributed by atoms with E-state index in [4.69, 9.17) is 9.47 Å². The molecule has 0 aliphatic rings. The summed E-state index contributed by atoms with van der Waals surface area (Å²) in [5.74, 6) is 0.329. The van der Waals surface area contributed by atoms with Crippen LogP contribution in [-0.2, 0) is 29.2 Å². The summed E-state index contributed by atoms with van der Waals surface area (Å²) in [5, 5.41) is 2.76. The lowest BCUT2D eigenvalue weighted by molar-refractivity contribution is -0.121. The average Bonchev–Trinajstić information content (AvgIpc) is 3.33. The number of nitrogens with one attached hydrogen (secondary N) is 1. The van der Waals surface area contributed by atoms with Gasteiger partial charge in [-0.05, 0) is 24.1 Å². The second-order valence-corrected chi connectivity index (χ2v) is 8.21. The smallest absolute Gasteiger partial charge is 0.333 e. The first-order chi connectivity index (χ1) is 17.6. The predicted molar refractivity (Wildman–Crippen MR) is 135 cm³/mol. The lowest BCUT2D eigenvalue weighted by atomic mass is 10.2. The lowest BCUT2D eigenvalue weighted by Gasteiger charge is -2.13. The molecule has 0 bridgehead atoms. The third-order valence-electron chi connectivity index (χ3n) is 5.66. The van der Waals surface area contributed by atoms with Crippen LogP contribution in [0.5, 0.6) is 5.75 Å². The number of hydrogen-bond acceptors (Lipinski definition) is 6. The van der Waals surface area contributed by atoms with E-state index < -0.39 is 23.7 Å². The molecule has 0 spiro atoms. The number of aromatic nitrogens is 4. The van der Waals surface area contributed by atoms with Crippen LogP contribution in [0.15, 0.2) is 76.6 Å². The van der Waals surface area contributed by atoms with Crippen LogP contribution in [0, 0.1) is 0 Å². The fourth-order valence-corrected chi connectivity index (χ4v) is 3.85. The topological polar surface area (TPSA) is 109 Å². The third-order valence-corrected chi connectivity index (χ3v) is 5.66. The van der Waals surface area contributed by atoms with Gasteiger partial charge in [0.2, 0.25) is 5.91 Å². The number of nitrogens with zero attached hydrogens (tertiary/aromatic N) is 4. The highest BCUT2D eigenvalue weighted by atomic mass is 16.5. The van der Waals surface area contributed by atoms with Crippen molar-refractivity contribution in [2.75, 3.05) is 26.9 Å². The van der Waals surface area contributed by atoms with Crippen LogP contribution < -0.4 is 21.3 Å². The molecule has 1 amide bonds. The largest absolute Gasteiger partial charge is 0.494 e. The Hall–Kier alpha value is -4.18. The maximum Gasteiger partial charge on any atom is 0.333 e. The molecule has 0 fully saturated rings. The van der Waals surface area contributed by atoms with Crippen molar-refractivity contribution in [2.45, 2.75) is 26.1 Å². The van der Waals surface area contributed by atoms with E-state index in [1.165, 1.54) is 10.9 Å². The van der Waals surface area contributed by atoms with Crippen LogP contribution >= 0.6 is 0 Å². The first-order valence-corrected chi connectivity index (χ1v) is 11.7. The molecule has 0 aliphatic heterocycles. The minimum atomic E-state index is -0.587. The Kier molecular flexibility index (Phi) is 8.30.